The second-order valence-corrected chi connectivity index (χ2v) is 5.27. The zero-order valence-electron chi connectivity index (χ0n) is 11.3. The topological polar surface area (TPSA) is 79.3 Å². The highest BCUT2D eigenvalue weighted by Gasteiger charge is 2.34. The van der Waals surface area contributed by atoms with Crippen LogP contribution in [0.1, 0.15) is 38.8 Å². The van der Waals surface area contributed by atoms with Gasteiger partial charge in [-0.05, 0) is 19.3 Å². The number of carboxylic acids is 1. The molecule has 0 radical (unpaired) electrons. The molecule has 1 rings (SSSR count). The number of carbonyl (C=O) groups excluding carboxylic acids is 1. The highest BCUT2D eigenvalue weighted by Crippen LogP contribution is 2.25. The monoisotopic (exact) mass is 284 g/mol. The van der Waals surface area contributed by atoms with Gasteiger partial charge in [0.15, 0.2) is 0 Å². The molecule has 0 aliphatic rings. The Bertz CT molecular complexity index is 414. The molecule has 0 aliphatic carbocycles. The van der Waals surface area contributed by atoms with Gasteiger partial charge in [-0.3, -0.25) is 9.59 Å². The lowest BCUT2D eigenvalue weighted by Crippen LogP contribution is -2.42. The van der Waals surface area contributed by atoms with Crippen molar-refractivity contribution in [3.8, 4) is 0 Å². The van der Waals surface area contributed by atoms with Crippen LogP contribution < -0.4 is 5.32 Å². The molecule has 0 saturated carbocycles. The summed E-state index contributed by atoms with van der Waals surface area (Å²) in [4.78, 5) is 27.1. The second-order valence-electron chi connectivity index (χ2n) is 4.55. The van der Waals surface area contributed by atoms with E-state index in [0.717, 1.165) is 5.69 Å². The fraction of sp³-hybridized carbons (Fsp3) is 0.615. The summed E-state index contributed by atoms with van der Waals surface area (Å²) >= 11 is 1.50. The summed E-state index contributed by atoms with van der Waals surface area (Å²) in [6, 6.07) is 0. The van der Waals surface area contributed by atoms with Gasteiger partial charge in [0.2, 0.25) is 5.91 Å². The maximum absolute atomic E-state index is 11.7. The summed E-state index contributed by atoms with van der Waals surface area (Å²) in [5, 5.41) is 13.9. The Labute approximate surface area is 117 Å². The summed E-state index contributed by atoms with van der Waals surface area (Å²) in [7, 11) is 0. The van der Waals surface area contributed by atoms with Crippen LogP contribution in [-0.2, 0) is 16.0 Å². The normalized spacial score (nSPS) is 11.3. The molecule has 0 fully saturated rings. The van der Waals surface area contributed by atoms with Gasteiger partial charge in [0, 0.05) is 18.3 Å². The molecule has 1 heterocycles. The predicted octanol–water partition coefficient (Wildman–Crippen LogP) is 2.08. The quantitative estimate of drug-likeness (QED) is 0.766. The highest BCUT2D eigenvalue weighted by molar-refractivity contribution is 7.07. The number of rotatable bonds is 8. The zero-order valence-corrected chi connectivity index (χ0v) is 12.1. The molecule has 5 nitrogen and oxygen atoms in total. The van der Waals surface area contributed by atoms with Crippen molar-refractivity contribution in [2.75, 3.05) is 6.54 Å². The summed E-state index contributed by atoms with van der Waals surface area (Å²) in [5.74, 6) is -0.974. The highest BCUT2D eigenvalue weighted by atomic mass is 32.1. The van der Waals surface area contributed by atoms with Crippen LogP contribution in [0.5, 0.6) is 0 Å². The van der Waals surface area contributed by atoms with E-state index in [2.05, 4.69) is 10.3 Å². The van der Waals surface area contributed by atoms with Gasteiger partial charge in [-0.1, -0.05) is 13.8 Å². The summed E-state index contributed by atoms with van der Waals surface area (Å²) < 4.78 is 0. The molecule has 0 saturated heterocycles. The number of hydrogen-bond acceptors (Lipinski definition) is 4. The standard InChI is InChI=1S/C13H20N2O3S/c1-3-13(4-2,12(17)18)8-14-11(16)6-5-10-7-19-9-15-10/h7,9H,3-6,8H2,1-2H3,(H,14,16)(H,17,18). The number of thiazole rings is 1. The number of aliphatic carboxylic acids is 1. The lowest BCUT2D eigenvalue weighted by Gasteiger charge is -2.26. The van der Waals surface area contributed by atoms with E-state index in [-0.39, 0.29) is 12.5 Å². The first-order valence-electron chi connectivity index (χ1n) is 6.41. The van der Waals surface area contributed by atoms with E-state index in [1.807, 2.05) is 19.2 Å². The maximum atomic E-state index is 11.7. The molecule has 0 spiro atoms. The molecule has 1 amide bonds. The van der Waals surface area contributed by atoms with Crippen molar-refractivity contribution in [3.63, 3.8) is 0 Å². The van der Waals surface area contributed by atoms with Crippen molar-refractivity contribution in [1.29, 1.82) is 0 Å². The third-order valence-corrected chi connectivity index (χ3v) is 4.16. The number of hydrogen-bond donors (Lipinski definition) is 2. The lowest BCUT2D eigenvalue weighted by molar-refractivity contribution is -0.149. The minimum absolute atomic E-state index is 0.125. The Hall–Kier alpha value is -1.43. The average molecular weight is 284 g/mol. The van der Waals surface area contributed by atoms with Crippen molar-refractivity contribution in [1.82, 2.24) is 10.3 Å². The number of aromatic nitrogens is 1. The lowest BCUT2D eigenvalue weighted by atomic mass is 9.82. The van der Waals surface area contributed by atoms with Crippen LogP contribution in [0.15, 0.2) is 10.9 Å². The van der Waals surface area contributed by atoms with Crippen LogP contribution in [-0.4, -0.2) is 28.5 Å². The number of aryl methyl sites for hydroxylation is 1. The van der Waals surface area contributed by atoms with Gasteiger partial charge in [0.1, 0.15) is 0 Å². The minimum Gasteiger partial charge on any atom is -0.481 e. The molecule has 19 heavy (non-hydrogen) atoms. The number of amides is 1. The molecule has 2 N–H and O–H groups in total. The van der Waals surface area contributed by atoms with Gasteiger partial charge in [0.05, 0.1) is 16.6 Å². The Morgan fingerprint density at radius 1 is 1.42 bits per heavy atom. The first kappa shape index (κ1) is 15.6. The minimum atomic E-state index is -0.851. The number of nitrogens with zero attached hydrogens (tertiary/aromatic N) is 1. The third-order valence-electron chi connectivity index (χ3n) is 3.52. The Kier molecular flexibility index (Phi) is 5.95. The van der Waals surface area contributed by atoms with Crippen LogP contribution in [0, 0.1) is 5.41 Å². The number of carboxylic acid groups (broad SMARTS) is 1. The van der Waals surface area contributed by atoms with E-state index in [1.54, 1.807) is 5.51 Å². The second kappa shape index (κ2) is 7.23. The van der Waals surface area contributed by atoms with E-state index in [4.69, 9.17) is 0 Å². The van der Waals surface area contributed by atoms with Crippen LogP contribution in [0.4, 0.5) is 0 Å². The van der Waals surface area contributed by atoms with E-state index in [0.29, 0.717) is 25.7 Å². The Balaban J connectivity index is 2.42. The first-order chi connectivity index (χ1) is 9.04. The molecule has 0 atom stereocenters. The third kappa shape index (κ3) is 4.31. The van der Waals surface area contributed by atoms with Crippen LogP contribution in [0.3, 0.4) is 0 Å². The SMILES string of the molecule is CCC(CC)(CNC(=O)CCc1cscn1)C(=O)O. The van der Waals surface area contributed by atoms with E-state index in [1.165, 1.54) is 11.3 Å². The fourth-order valence-corrected chi connectivity index (χ4v) is 2.43. The van der Waals surface area contributed by atoms with Crippen molar-refractivity contribution in [2.24, 2.45) is 5.41 Å². The molecule has 106 valence electrons. The van der Waals surface area contributed by atoms with Crippen LogP contribution in [0.2, 0.25) is 0 Å². The summed E-state index contributed by atoms with van der Waals surface area (Å²) in [6.45, 7) is 3.85. The van der Waals surface area contributed by atoms with Gasteiger partial charge in [-0.2, -0.15) is 0 Å². The average Bonchev–Trinajstić information content (AvgIpc) is 2.91. The van der Waals surface area contributed by atoms with E-state index < -0.39 is 11.4 Å². The molecular weight excluding hydrogens is 264 g/mol. The zero-order chi connectivity index (χ0) is 14.3. The van der Waals surface area contributed by atoms with E-state index >= 15 is 0 Å². The fourth-order valence-electron chi connectivity index (χ4n) is 1.84. The molecule has 6 heteroatoms. The largest absolute Gasteiger partial charge is 0.481 e. The van der Waals surface area contributed by atoms with Crippen molar-refractivity contribution < 1.29 is 14.7 Å². The van der Waals surface area contributed by atoms with Crippen molar-refractivity contribution in [3.05, 3.63) is 16.6 Å². The molecule has 0 aliphatic heterocycles. The predicted molar refractivity (Wildman–Crippen MR) is 74.1 cm³/mol. The molecular formula is C13H20N2O3S. The van der Waals surface area contributed by atoms with Crippen molar-refractivity contribution in [2.45, 2.75) is 39.5 Å². The smallest absolute Gasteiger partial charge is 0.311 e. The summed E-state index contributed by atoms with van der Waals surface area (Å²) in [6.07, 6.45) is 1.94. The summed E-state index contributed by atoms with van der Waals surface area (Å²) in [5.41, 5.74) is 1.78. The molecule has 0 aromatic carbocycles. The molecule has 1 aromatic rings. The van der Waals surface area contributed by atoms with Gasteiger partial charge in [0.25, 0.3) is 0 Å². The first-order valence-corrected chi connectivity index (χ1v) is 7.35. The molecule has 0 unspecified atom stereocenters. The van der Waals surface area contributed by atoms with Gasteiger partial charge < -0.3 is 10.4 Å². The van der Waals surface area contributed by atoms with Crippen LogP contribution in [0.25, 0.3) is 0 Å². The molecule has 0 bridgehead atoms. The van der Waals surface area contributed by atoms with Gasteiger partial charge >= 0.3 is 5.97 Å². The van der Waals surface area contributed by atoms with Crippen molar-refractivity contribution >= 4 is 23.2 Å². The Morgan fingerprint density at radius 3 is 2.58 bits per heavy atom. The number of nitrogens with one attached hydrogen (secondary N) is 1. The maximum Gasteiger partial charge on any atom is 0.311 e. The van der Waals surface area contributed by atoms with Crippen LogP contribution >= 0.6 is 11.3 Å². The van der Waals surface area contributed by atoms with E-state index in [9.17, 15) is 14.7 Å². The van der Waals surface area contributed by atoms with Gasteiger partial charge in [-0.25, -0.2) is 4.98 Å². The molecule has 1 aromatic heterocycles. The number of carbonyl (C=O) groups is 2. The Morgan fingerprint density at radius 2 is 2.11 bits per heavy atom. The van der Waals surface area contributed by atoms with Gasteiger partial charge in [-0.15, -0.1) is 11.3 Å².